The fourth-order valence-corrected chi connectivity index (χ4v) is 7.60. The summed E-state index contributed by atoms with van der Waals surface area (Å²) in [6.07, 6.45) is 73.9. The number of rotatable bonds is 50. The summed E-state index contributed by atoms with van der Waals surface area (Å²) in [5, 5.41) is 0. The predicted molar refractivity (Wildman–Crippen MR) is 293 cm³/mol. The molecule has 0 aromatic heterocycles. The van der Waals surface area contributed by atoms with Crippen LogP contribution >= 0.6 is 0 Å². The summed E-state index contributed by atoms with van der Waals surface area (Å²) in [6, 6.07) is 0. The Kier molecular flexibility index (Phi) is 52.9. The highest BCUT2D eigenvalue weighted by molar-refractivity contribution is 5.71. The minimum atomic E-state index is -0.793. The fraction of sp³-hybridized carbons (Fsp3) is 0.694. The number of carbonyl (C=O) groups excluding carboxylic acids is 3. The lowest BCUT2D eigenvalue weighted by Gasteiger charge is -2.18. The predicted octanol–water partition coefficient (Wildman–Crippen LogP) is 18.9. The zero-order valence-corrected chi connectivity index (χ0v) is 44.3. The third-order valence-electron chi connectivity index (χ3n) is 11.8. The molecule has 0 rings (SSSR count). The molecule has 0 aliphatic rings. The summed E-state index contributed by atoms with van der Waals surface area (Å²) in [4.78, 5) is 38.1. The number of allylic oxidation sites excluding steroid dienone is 16. The Morgan fingerprint density at radius 2 is 0.603 bits per heavy atom. The SMILES string of the molecule is CC/C=C\C/C=C\C/C=C\C/C=C\C/C=C\C/C=C\CCCCCCC(=O)OCC(COC(=O)CCCCCCC/C=C\C/C=C\CCC)OC(=O)CCCCCCCCCCCCCCCC. The summed E-state index contributed by atoms with van der Waals surface area (Å²) in [5.74, 6) is -0.927. The Balaban J connectivity index is 4.41. The fourth-order valence-electron chi connectivity index (χ4n) is 7.60. The Bertz CT molecular complexity index is 1360. The lowest BCUT2D eigenvalue weighted by Crippen LogP contribution is -2.30. The maximum absolute atomic E-state index is 12.8. The van der Waals surface area contributed by atoms with Crippen molar-refractivity contribution in [1.82, 2.24) is 0 Å². The molecule has 0 N–H and O–H groups in total. The van der Waals surface area contributed by atoms with E-state index in [9.17, 15) is 14.4 Å². The zero-order valence-electron chi connectivity index (χ0n) is 44.3. The molecule has 0 saturated carbocycles. The van der Waals surface area contributed by atoms with Gasteiger partial charge < -0.3 is 14.2 Å². The Hall–Kier alpha value is -3.67. The van der Waals surface area contributed by atoms with Crippen LogP contribution in [0.5, 0.6) is 0 Å². The van der Waals surface area contributed by atoms with Crippen molar-refractivity contribution in [2.75, 3.05) is 13.2 Å². The molecule has 0 fully saturated rings. The van der Waals surface area contributed by atoms with Gasteiger partial charge in [-0.2, -0.15) is 0 Å². The molecule has 6 heteroatoms. The number of carbonyl (C=O) groups is 3. The molecule has 0 aromatic rings. The number of ether oxygens (including phenoxy) is 3. The molecule has 0 bridgehead atoms. The molecule has 0 heterocycles. The Morgan fingerprint density at radius 1 is 0.309 bits per heavy atom. The second-order valence-corrected chi connectivity index (χ2v) is 18.5. The van der Waals surface area contributed by atoms with E-state index in [0.717, 1.165) is 141 Å². The van der Waals surface area contributed by atoms with Crippen LogP contribution in [0.25, 0.3) is 0 Å². The van der Waals surface area contributed by atoms with Crippen LogP contribution in [0.1, 0.15) is 258 Å². The first-order valence-electron chi connectivity index (χ1n) is 28.2. The van der Waals surface area contributed by atoms with Crippen LogP contribution in [0.2, 0.25) is 0 Å². The van der Waals surface area contributed by atoms with E-state index < -0.39 is 6.10 Å². The molecule has 0 aromatic carbocycles. The van der Waals surface area contributed by atoms with Gasteiger partial charge in [0.05, 0.1) is 0 Å². The van der Waals surface area contributed by atoms with E-state index in [4.69, 9.17) is 14.2 Å². The molecule has 0 aliphatic heterocycles. The van der Waals surface area contributed by atoms with Gasteiger partial charge in [-0.25, -0.2) is 0 Å². The van der Waals surface area contributed by atoms with E-state index in [2.05, 4.69) is 118 Å². The average molecular weight is 946 g/mol. The van der Waals surface area contributed by atoms with Gasteiger partial charge >= 0.3 is 17.9 Å². The summed E-state index contributed by atoms with van der Waals surface area (Å²) in [5.41, 5.74) is 0. The summed E-state index contributed by atoms with van der Waals surface area (Å²) >= 11 is 0. The van der Waals surface area contributed by atoms with Crippen molar-refractivity contribution >= 4 is 17.9 Å². The van der Waals surface area contributed by atoms with Gasteiger partial charge in [-0.05, 0) is 96.3 Å². The molecule has 0 aliphatic carbocycles. The van der Waals surface area contributed by atoms with Gasteiger partial charge in [0.2, 0.25) is 0 Å². The van der Waals surface area contributed by atoms with Crippen LogP contribution in [0.3, 0.4) is 0 Å². The van der Waals surface area contributed by atoms with Crippen molar-refractivity contribution in [3.05, 3.63) is 97.2 Å². The van der Waals surface area contributed by atoms with Gasteiger partial charge in [0.1, 0.15) is 13.2 Å². The molecule has 1 unspecified atom stereocenters. The first-order chi connectivity index (χ1) is 33.5. The van der Waals surface area contributed by atoms with Crippen LogP contribution in [0.4, 0.5) is 0 Å². The van der Waals surface area contributed by atoms with Gasteiger partial charge in [0.15, 0.2) is 6.10 Å². The number of hydrogen-bond acceptors (Lipinski definition) is 6. The van der Waals surface area contributed by atoms with E-state index in [1.165, 1.54) is 77.0 Å². The quantitative estimate of drug-likeness (QED) is 0.0262. The highest BCUT2D eigenvalue weighted by Crippen LogP contribution is 2.15. The molecule has 1 atom stereocenters. The molecule has 388 valence electrons. The van der Waals surface area contributed by atoms with Crippen molar-refractivity contribution in [2.24, 2.45) is 0 Å². The largest absolute Gasteiger partial charge is 0.462 e. The summed E-state index contributed by atoms with van der Waals surface area (Å²) in [7, 11) is 0. The van der Waals surface area contributed by atoms with E-state index in [0.29, 0.717) is 19.3 Å². The second kappa shape index (κ2) is 55.9. The van der Waals surface area contributed by atoms with Gasteiger partial charge in [-0.3, -0.25) is 14.4 Å². The van der Waals surface area contributed by atoms with E-state index in [1.54, 1.807) is 0 Å². The molecule has 0 amide bonds. The highest BCUT2D eigenvalue weighted by Gasteiger charge is 2.19. The molecular formula is C62H104O6. The van der Waals surface area contributed by atoms with Crippen LogP contribution in [0, 0.1) is 0 Å². The summed E-state index contributed by atoms with van der Waals surface area (Å²) in [6.45, 7) is 6.43. The topological polar surface area (TPSA) is 78.9 Å². The van der Waals surface area contributed by atoms with Crippen molar-refractivity contribution in [2.45, 2.75) is 264 Å². The minimum Gasteiger partial charge on any atom is -0.462 e. The number of hydrogen-bond donors (Lipinski definition) is 0. The standard InChI is InChI=1S/C62H104O6/c1-4-7-10-13-16-19-22-25-27-28-29-30-31-32-33-34-35-38-40-43-46-49-52-55-61(64)67-58-59(57-66-60(63)54-51-48-45-42-39-36-24-21-18-15-12-9-6-3)68-62(65)56-53-50-47-44-41-37-26-23-20-17-14-11-8-5-2/h7,10,12,15-16,19,21,24-25,27,29-30,32-33,35,38,59H,4-6,8-9,11,13-14,17-18,20,22-23,26,28,31,34,36-37,39-58H2,1-3H3/b10-7-,15-12-,19-16-,24-21-,27-25-,30-29-,33-32-,38-35-. The Morgan fingerprint density at radius 3 is 0.956 bits per heavy atom. The Labute approximate surface area is 419 Å². The van der Waals surface area contributed by atoms with E-state index in [1.807, 2.05) is 0 Å². The molecule has 0 saturated heterocycles. The van der Waals surface area contributed by atoms with Crippen LogP contribution in [-0.4, -0.2) is 37.2 Å². The monoisotopic (exact) mass is 945 g/mol. The number of esters is 3. The van der Waals surface area contributed by atoms with Gasteiger partial charge in [-0.1, -0.05) is 240 Å². The van der Waals surface area contributed by atoms with Crippen LogP contribution in [-0.2, 0) is 28.6 Å². The molecular weight excluding hydrogens is 841 g/mol. The smallest absolute Gasteiger partial charge is 0.306 e. The maximum atomic E-state index is 12.8. The average Bonchev–Trinajstić information content (AvgIpc) is 3.34. The maximum Gasteiger partial charge on any atom is 0.306 e. The first kappa shape index (κ1) is 64.3. The van der Waals surface area contributed by atoms with Crippen molar-refractivity contribution in [1.29, 1.82) is 0 Å². The normalized spacial score (nSPS) is 12.8. The van der Waals surface area contributed by atoms with Gasteiger partial charge in [0, 0.05) is 19.3 Å². The van der Waals surface area contributed by atoms with Crippen molar-refractivity contribution < 1.29 is 28.6 Å². The lowest BCUT2D eigenvalue weighted by atomic mass is 10.0. The van der Waals surface area contributed by atoms with E-state index >= 15 is 0 Å². The van der Waals surface area contributed by atoms with Crippen molar-refractivity contribution in [3.63, 3.8) is 0 Å². The van der Waals surface area contributed by atoms with Crippen LogP contribution < -0.4 is 0 Å². The third-order valence-corrected chi connectivity index (χ3v) is 11.8. The van der Waals surface area contributed by atoms with Crippen molar-refractivity contribution in [3.8, 4) is 0 Å². The third kappa shape index (κ3) is 53.3. The molecule has 0 radical (unpaired) electrons. The van der Waals surface area contributed by atoms with Gasteiger partial charge in [-0.15, -0.1) is 0 Å². The second-order valence-electron chi connectivity index (χ2n) is 18.5. The molecule has 68 heavy (non-hydrogen) atoms. The minimum absolute atomic E-state index is 0.0921. The van der Waals surface area contributed by atoms with Gasteiger partial charge in [0.25, 0.3) is 0 Å². The first-order valence-corrected chi connectivity index (χ1v) is 28.2. The zero-order chi connectivity index (χ0) is 49.3. The summed E-state index contributed by atoms with van der Waals surface area (Å²) < 4.78 is 16.8. The molecule has 6 nitrogen and oxygen atoms in total. The molecule has 0 spiro atoms. The van der Waals surface area contributed by atoms with E-state index in [-0.39, 0.29) is 31.1 Å². The number of unbranched alkanes of at least 4 members (excludes halogenated alkanes) is 23. The highest BCUT2D eigenvalue weighted by atomic mass is 16.6. The van der Waals surface area contributed by atoms with Crippen LogP contribution in [0.15, 0.2) is 97.2 Å². The lowest BCUT2D eigenvalue weighted by molar-refractivity contribution is -0.167.